The van der Waals surface area contributed by atoms with Gasteiger partial charge < -0.3 is 21.5 Å². The number of nitrogens with one attached hydrogen (secondary N) is 1. The zero-order valence-corrected chi connectivity index (χ0v) is 21.1. The summed E-state index contributed by atoms with van der Waals surface area (Å²) in [5.41, 5.74) is 9.81. The maximum atomic E-state index is 14.3. The first-order chi connectivity index (χ1) is 18.8. The van der Waals surface area contributed by atoms with Gasteiger partial charge in [0.15, 0.2) is 0 Å². The van der Waals surface area contributed by atoms with Gasteiger partial charge in [0, 0.05) is 36.6 Å². The third kappa shape index (κ3) is 4.90. The Morgan fingerprint density at radius 1 is 0.900 bits per heavy atom. The van der Waals surface area contributed by atoms with Gasteiger partial charge in [0.1, 0.15) is 11.3 Å². The van der Waals surface area contributed by atoms with E-state index in [1.165, 1.54) is 36.9 Å². The summed E-state index contributed by atoms with van der Waals surface area (Å²) in [5, 5.41) is 2.73. The van der Waals surface area contributed by atoms with Crippen LogP contribution in [0.1, 0.15) is 57.5 Å². The SMILES string of the molecule is CC(c1ccncc1C(N)=O)C1(C(C)c2ccncc2C(N)=O)NC(=O)N(c2ccc(OC(F)(F)F)cc2)C1=O. The molecule has 40 heavy (non-hydrogen) atoms. The van der Waals surface area contributed by atoms with Crippen LogP contribution in [0.2, 0.25) is 0 Å². The van der Waals surface area contributed by atoms with Crippen molar-refractivity contribution in [3.63, 3.8) is 0 Å². The predicted octanol–water partition coefficient (Wildman–Crippen LogP) is 2.98. The highest BCUT2D eigenvalue weighted by molar-refractivity contribution is 6.24. The van der Waals surface area contributed by atoms with E-state index in [2.05, 4.69) is 20.0 Å². The van der Waals surface area contributed by atoms with Gasteiger partial charge in [-0.1, -0.05) is 13.8 Å². The molecule has 2 unspecified atom stereocenters. The number of urea groups is 1. The number of carbonyl (C=O) groups is 4. The number of carbonyl (C=O) groups excluding carboxylic acids is 4. The van der Waals surface area contributed by atoms with Gasteiger partial charge in [0.05, 0.1) is 16.8 Å². The van der Waals surface area contributed by atoms with Crippen LogP contribution in [0.3, 0.4) is 0 Å². The normalized spacial score (nSPS) is 18.7. The number of primary amides is 2. The number of benzene rings is 1. The Bertz CT molecular complexity index is 1430. The Labute approximate surface area is 225 Å². The van der Waals surface area contributed by atoms with Crippen molar-refractivity contribution < 1.29 is 37.1 Å². The Morgan fingerprint density at radius 3 is 1.80 bits per heavy atom. The lowest BCUT2D eigenvalue weighted by atomic mass is 9.68. The molecule has 1 aromatic carbocycles. The van der Waals surface area contributed by atoms with Crippen molar-refractivity contribution in [3.05, 3.63) is 83.4 Å². The Balaban J connectivity index is 1.88. The quantitative estimate of drug-likeness (QED) is 0.358. The summed E-state index contributed by atoms with van der Waals surface area (Å²) >= 11 is 0. The molecular formula is C26H23F3N6O5. The van der Waals surface area contributed by atoms with Crippen molar-refractivity contribution in [2.75, 3.05) is 4.90 Å². The van der Waals surface area contributed by atoms with Crippen LogP contribution >= 0.6 is 0 Å². The van der Waals surface area contributed by atoms with Crippen LogP contribution in [0.25, 0.3) is 0 Å². The van der Waals surface area contributed by atoms with Crippen LogP contribution < -0.4 is 26.4 Å². The minimum Gasteiger partial charge on any atom is -0.406 e. The number of rotatable bonds is 8. The van der Waals surface area contributed by atoms with Crippen molar-refractivity contribution in [2.45, 2.75) is 37.6 Å². The van der Waals surface area contributed by atoms with Crippen LogP contribution in [0.15, 0.2) is 61.2 Å². The van der Waals surface area contributed by atoms with Gasteiger partial charge in [-0.15, -0.1) is 13.2 Å². The minimum atomic E-state index is -4.94. The van der Waals surface area contributed by atoms with Crippen LogP contribution in [0.4, 0.5) is 23.7 Å². The molecule has 3 heterocycles. The second-order valence-electron chi connectivity index (χ2n) is 9.08. The van der Waals surface area contributed by atoms with Gasteiger partial charge in [-0.2, -0.15) is 0 Å². The molecule has 3 aromatic rings. The number of amides is 5. The summed E-state index contributed by atoms with van der Waals surface area (Å²) in [7, 11) is 0. The summed E-state index contributed by atoms with van der Waals surface area (Å²) < 4.78 is 41.7. The maximum absolute atomic E-state index is 14.3. The standard InChI is InChI=1S/C26H23F3N6O5/c1-13(17-7-9-32-11-19(17)21(30)36)25(14(2)18-8-10-33-12-20(18)22(31)37)23(38)35(24(39)34-25)15-3-5-16(6-4-15)40-26(27,28)29/h3-14H,1-2H3,(H2,30,36)(H2,31,37)(H,34,39). The van der Waals surface area contributed by atoms with E-state index >= 15 is 0 Å². The van der Waals surface area contributed by atoms with E-state index in [9.17, 15) is 32.3 Å². The lowest BCUT2D eigenvalue weighted by molar-refractivity contribution is -0.274. The number of hydrogen-bond donors (Lipinski definition) is 3. The van der Waals surface area contributed by atoms with E-state index in [-0.39, 0.29) is 27.9 Å². The highest BCUT2D eigenvalue weighted by Crippen LogP contribution is 2.46. The number of ether oxygens (including phenoxy) is 1. The number of nitrogens with zero attached hydrogens (tertiary/aromatic N) is 3. The smallest absolute Gasteiger partial charge is 0.406 e. The minimum absolute atomic E-state index is 0.000536. The van der Waals surface area contributed by atoms with Gasteiger partial charge in [-0.3, -0.25) is 24.4 Å². The number of nitrogens with two attached hydrogens (primary N) is 2. The first kappa shape index (κ1) is 28.0. The van der Waals surface area contributed by atoms with Gasteiger partial charge in [-0.05, 0) is 47.5 Å². The molecular weight excluding hydrogens is 533 g/mol. The van der Waals surface area contributed by atoms with Crippen LogP contribution in [0.5, 0.6) is 5.75 Å². The van der Waals surface area contributed by atoms with Gasteiger partial charge >= 0.3 is 12.4 Å². The van der Waals surface area contributed by atoms with Crippen molar-refractivity contribution in [1.82, 2.24) is 15.3 Å². The molecule has 208 valence electrons. The average Bonchev–Trinajstić information content (AvgIpc) is 3.17. The molecule has 1 fully saturated rings. The number of hydrogen-bond acceptors (Lipinski definition) is 7. The summed E-state index contributed by atoms with van der Waals surface area (Å²) in [5.74, 6) is -4.90. The van der Waals surface area contributed by atoms with Crippen molar-refractivity contribution in [3.8, 4) is 5.75 Å². The topological polar surface area (TPSA) is 171 Å². The molecule has 4 rings (SSSR count). The highest BCUT2D eigenvalue weighted by atomic mass is 19.4. The first-order valence-electron chi connectivity index (χ1n) is 11.8. The molecule has 1 aliphatic rings. The summed E-state index contributed by atoms with van der Waals surface area (Å²) in [6.07, 6.45) is 0.290. The zero-order valence-electron chi connectivity index (χ0n) is 21.1. The molecule has 5 N–H and O–H groups in total. The molecule has 0 radical (unpaired) electrons. The molecule has 14 heteroatoms. The van der Waals surface area contributed by atoms with E-state index < -0.39 is 53.2 Å². The third-order valence-electron chi connectivity index (χ3n) is 6.94. The number of halogens is 3. The third-order valence-corrected chi connectivity index (χ3v) is 6.94. The second kappa shape index (κ2) is 10.3. The zero-order chi connectivity index (χ0) is 29.4. The van der Waals surface area contributed by atoms with E-state index in [1.807, 2.05) is 0 Å². The fourth-order valence-electron chi connectivity index (χ4n) is 5.02. The van der Waals surface area contributed by atoms with Crippen LogP contribution in [-0.4, -0.2) is 45.6 Å². The van der Waals surface area contributed by atoms with Crippen molar-refractivity contribution >= 4 is 29.4 Å². The summed E-state index contributed by atoms with van der Waals surface area (Å²) in [6.45, 7) is 3.18. The molecule has 0 aliphatic carbocycles. The van der Waals surface area contributed by atoms with E-state index in [1.54, 1.807) is 13.8 Å². The number of aromatic nitrogens is 2. The van der Waals surface area contributed by atoms with Gasteiger partial charge in [0.2, 0.25) is 0 Å². The molecule has 2 atom stereocenters. The number of imide groups is 1. The molecule has 0 spiro atoms. The highest BCUT2D eigenvalue weighted by Gasteiger charge is 2.59. The monoisotopic (exact) mass is 556 g/mol. The largest absolute Gasteiger partial charge is 0.573 e. The van der Waals surface area contributed by atoms with Crippen molar-refractivity contribution in [2.24, 2.45) is 11.5 Å². The number of anilines is 1. The molecule has 0 bridgehead atoms. The Morgan fingerprint density at radius 2 is 1.38 bits per heavy atom. The second-order valence-corrected chi connectivity index (χ2v) is 9.08. The van der Waals surface area contributed by atoms with Crippen LogP contribution in [0, 0.1) is 0 Å². The molecule has 11 nitrogen and oxygen atoms in total. The number of alkyl halides is 3. The fraction of sp³-hybridized carbons (Fsp3) is 0.231. The van der Waals surface area contributed by atoms with Crippen LogP contribution in [-0.2, 0) is 4.79 Å². The van der Waals surface area contributed by atoms with Crippen molar-refractivity contribution in [1.29, 1.82) is 0 Å². The summed E-state index contributed by atoms with van der Waals surface area (Å²) in [4.78, 5) is 60.8. The molecule has 5 amide bonds. The maximum Gasteiger partial charge on any atom is 0.573 e. The average molecular weight is 557 g/mol. The number of pyridine rings is 2. The molecule has 1 saturated heterocycles. The predicted molar refractivity (Wildman–Crippen MR) is 134 cm³/mol. The lowest BCUT2D eigenvalue weighted by Gasteiger charge is -2.39. The van der Waals surface area contributed by atoms with Gasteiger partial charge in [-0.25, -0.2) is 9.69 Å². The Kier molecular flexibility index (Phi) is 7.20. The van der Waals surface area contributed by atoms with E-state index in [0.717, 1.165) is 29.2 Å². The fourth-order valence-corrected chi connectivity index (χ4v) is 5.02. The Hall–Kier alpha value is -5.01. The molecule has 2 aromatic heterocycles. The first-order valence-corrected chi connectivity index (χ1v) is 11.8. The van der Waals surface area contributed by atoms with E-state index in [4.69, 9.17) is 11.5 Å². The van der Waals surface area contributed by atoms with E-state index in [0.29, 0.717) is 0 Å². The van der Waals surface area contributed by atoms with Gasteiger partial charge in [0.25, 0.3) is 17.7 Å². The molecule has 0 saturated carbocycles. The molecule has 1 aliphatic heterocycles. The lowest BCUT2D eigenvalue weighted by Crippen LogP contribution is -2.55. The summed E-state index contributed by atoms with van der Waals surface area (Å²) in [6, 6.07) is 6.21.